The molecule has 148 valence electrons. The summed E-state index contributed by atoms with van der Waals surface area (Å²) in [6.07, 6.45) is 0.525. The summed E-state index contributed by atoms with van der Waals surface area (Å²) in [4.78, 5) is 25.0. The second-order valence-electron chi connectivity index (χ2n) is 6.83. The Hall–Kier alpha value is -2.86. The highest BCUT2D eigenvalue weighted by atomic mass is 16.5. The lowest BCUT2D eigenvalue weighted by molar-refractivity contribution is -0.168. The van der Waals surface area contributed by atoms with Crippen LogP contribution in [-0.4, -0.2) is 37.2 Å². The summed E-state index contributed by atoms with van der Waals surface area (Å²) in [6, 6.07) is 14.1. The Labute approximate surface area is 164 Å². The molecule has 1 aliphatic rings. The molecule has 3 rings (SSSR count). The van der Waals surface area contributed by atoms with Gasteiger partial charge in [0.2, 0.25) is 0 Å². The molecule has 1 aliphatic heterocycles. The maximum absolute atomic E-state index is 12.7. The summed E-state index contributed by atoms with van der Waals surface area (Å²) in [5.74, 6) is -0.821. The predicted octanol–water partition coefficient (Wildman–Crippen LogP) is 3.22. The molecule has 0 unspecified atom stereocenters. The second-order valence-corrected chi connectivity index (χ2v) is 6.83. The number of aromatic hydroxyl groups is 1. The Balaban J connectivity index is 1.77. The zero-order chi connectivity index (χ0) is 20.1. The van der Waals surface area contributed by atoms with Crippen LogP contribution in [0.4, 0.5) is 0 Å². The minimum atomic E-state index is -0.969. The number of benzene rings is 2. The van der Waals surface area contributed by atoms with E-state index < -0.39 is 18.0 Å². The molecule has 28 heavy (non-hydrogen) atoms. The number of aryl methyl sites for hydroxylation is 1. The molecule has 1 heterocycles. The Morgan fingerprint density at radius 1 is 1.11 bits per heavy atom. The van der Waals surface area contributed by atoms with E-state index in [2.05, 4.69) is 0 Å². The normalized spacial score (nSPS) is 21.9. The fourth-order valence-corrected chi connectivity index (χ4v) is 3.46. The van der Waals surface area contributed by atoms with Crippen LogP contribution >= 0.6 is 0 Å². The molecule has 1 N–H and O–H groups in total. The fourth-order valence-electron chi connectivity index (χ4n) is 3.46. The molecule has 1 saturated heterocycles. The van der Waals surface area contributed by atoms with E-state index in [9.17, 15) is 14.7 Å². The van der Waals surface area contributed by atoms with Crippen molar-refractivity contribution in [2.75, 3.05) is 14.2 Å². The van der Waals surface area contributed by atoms with Crippen LogP contribution in [-0.2, 0) is 25.5 Å². The minimum absolute atomic E-state index is 0.171. The van der Waals surface area contributed by atoms with Gasteiger partial charge in [0.1, 0.15) is 23.5 Å². The highest BCUT2D eigenvalue weighted by molar-refractivity contribution is 6.00. The molecule has 0 spiro atoms. The van der Waals surface area contributed by atoms with E-state index in [-0.39, 0.29) is 24.1 Å². The molecule has 0 aliphatic carbocycles. The van der Waals surface area contributed by atoms with Gasteiger partial charge in [-0.15, -0.1) is 0 Å². The van der Waals surface area contributed by atoms with Crippen LogP contribution in [0.1, 0.15) is 30.1 Å². The highest BCUT2D eigenvalue weighted by Gasteiger charge is 2.43. The number of ether oxygens (including phenoxy) is 3. The third kappa shape index (κ3) is 4.51. The number of rotatable bonds is 6. The highest BCUT2D eigenvalue weighted by Crippen LogP contribution is 2.37. The van der Waals surface area contributed by atoms with Gasteiger partial charge in [-0.25, -0.2) is 0 Å². The van der Waals surface area contributed by atoms with Gasteiger partial charge < -0.3 is 19.3 Å². The van der Waals surface area contributed by atoms with E-state index in [0.29, 0.717) is 18.6 Å². The molecule has 2 aromatic rings. The van der Waals surface area contributed by atoms with E-state index in [1.807, 2.05) is 12.1 Å². The first-order valence-corrected chi connectivity index (χ1v) is 9.19. The number of methoxy groups -OCH3 is 2. The molecule has 0 aromatic heterocycles. The lowest BCUT2D eigenvalue weighted by Gasteiger charge is -2.34. The number of Topliss-reactive ketones (excluding diaryl/α,β-unsaturated/α-hetero) is 1. The molecular formula is C22H24O6. The average Bonchev–Trinajstić information content (AvgIpc) is 2.72. The molecule has 6 nitrogen and oxygen atoms in total. The first-order chi connectivity index (χ1) is 13.5. The number of hydrogen-bond donors (Lipinski definition) is 1. The zero-order valence-corrected chi connectivity index (χ0v) is 16.0. The van der Waals surface area contributed by atoms with Gasteiger partial charge in [-0.3, -0.25) is 9.59 Å². The number of ketones is 1. The second kappa shape index (κ2) is 8.89. The van der Waals surface area contributed by atoms with Gasteiger partial charge in [0.15, 0.2) is 5.78 Å². The third-order valence-electron chi connectivity index (χ3n) is 5.01. The number of phenolic OH excluding ortho intramolecular Hbond substituents is 1. The van der Waals surface area contributed by atoms with Gasteiger partial charge in [0, 0.05) is 6.42 Å². The van der Waals surface area contributed by atoms with Crippen molar-refractivity contribution in [3.8, 4) is 11.5 Å². The number of phenols is 1. The van der Waals surface area contributed by atoms with Crippen molar-refractivity contribution in [1.29, 1.82) is 0 Å². The quantitative estimate of drug-likeness (QED) is 0.608. The van der Waals surface area contributed by atoms with Crippen LogP contribution in [0, 0.1) is 5.92 Å². The minimum Gasteiger partial charge on any atom is -0.508 e. The summed E-state index contributed by atoms with van der Waals surface area (Å²) in [5, 5.41) is 9.39. The zero-order valence-electron chi connectivity index (χ0n) is 16.0. The molecule has 0 amide bonds. The van der Waals surface area contributed by atoms with Crippen LogP contribution in [0.5, 0.6) is 11.5 Å². The summed E-state index contributed by atoms with van der Waals surface area (Å²) in [5.41, 5.74) is 1.78. The first-order valence-electron chi connectivity index (χ1n) is 9.19. The van der Waals surface area contributed by atoms with Crippen molar-refractivity contribution in [3.05, 3.63) is 59.7 Å². The van der Waals surface area contributed by atoms with Crippen molar-refractivity contribution in [2.24, 2.45) is 5.92 Å². The van der Waals surface area contributed by atoms with Crippen molar-refractivity contribution in [1.82, 2.24) is 0 Å². The number of hydrogen-bond acceptors (Lipinski definition) is 6. The van der Waals surface area contributed by atoms with E-state index in [1.54, 1.807) is 43.5 Å². The standard InChI is InChI=1S/C22H24O6/c1-26-17-11-6-15(7-12-17)21-20(22(25)27-2)19(24)13-18(28-21)10-5-14-3-8-16(23)9-4-14/h3-4,6-9,11-12,18,20-21,23H,5,10,13H2,1-2H3/t18-,20-,21+/m0/s1. The van der Waals surface area contributed by atoms with Crippen molar-refractivity contribution < 1.29 is 28.9 Å². The Kier molecular flexibility index (Phi) is 6.31. The molecule has 2 aromatic carbocycles. The van der Waals surface area contributed by atoms with Gasteiger partial charge in [-0.05, 0) is 48.2 Å². The van der Waals surface area contributed by atoms with Gasteiger partial charge in [0.25, 0.3) is 0 Å². The number of carbonyl (C=O) groups excluding carboxylic acids is 2. The largest absolute Gasteiger partial charge is 0.508 e. The topological polar surface area (TPSA) is 82.1 Å². The van der Waals surface area contributed by atoms with Crippen LogP contribution in [0.15, 0.2) is 48.5 Å². The molecule has 3 atom stereocenters. The van der Waals surface area contributed by atoms with Crippen molar-refractivity contribution in [2.45, 2.75) is 31.5 Å². The fraction of sp³-hybridized carbons (Fsp3) is 0.364. The van der Waals surface area contributed by atoms with Crippen LogP contribution < -0.4 is 4.74 Å². The smallest absolute Gasteiger partial charge is 0.319 e. The Morgan fingerprint density at radius 2 is 1.79 bits per heavy atom. The summed E-state index contributed by atoms with van der Waals surface area (Å²) < 4.78 is 16.2. The lowest BCUT2D eigenvalue weighted by Crippen LogP contribution is -2.41. The monoisotopic (exact) mass is 384 g/mol. The number of esters is 1. The van der Waals surface area contributed by atoms with E-state index in [4.69, 9.17) is 14.2 Å². The SMILES string of the molecule is COC(=O)[C@H]1C(=O)C[C@H](CCc2ccc(O)cc2)O[C@@H]1c1ccc(OC)cc1. The molecule has 1 fully saturated rings. The van der Waals surface area contributed by atoms with Crippen molar-refractivity contribution >= 4 is 11.8 Å². The maximum Gasteiger partial charge on any atom is 0.319 e. The van der Waals surface area contributed by atoms with Crippen LogP contribution in [0.25, 0.3) is 0 Å². The van der Waals surface area contributed by atoms with E-state index in [1.165, 1.54) is 7.11 Å². The van der Waals surface area contributed by atoms with Gasteiger partial charge in [-0.2, -0.15) is 0 Å². The van der Waals surface area contributed by atoms with E-state index >= 15 is 0 Å². The lowest BCUT2D eigenvalue weighted by atomic mass is 9.85. The summed E-state index contributed by atoms with van der Waals surface area (Å²) in [6.45, 7) is 0. The van der Waals surface area contributed by atoms with Crippen LogP contribution in [0.2, 0.25) is 0 Å². The maximum atomic E-state index is 12.7. The van der Waals surface area contributed by atoms with Gasteiger partial charge in [0.05, 0.1) is 20.3 Å². The third-order valence-corrected chi connectivity index (χ3v) is 5.01. The first kappa shape index (κ1) is 19.9. The van der Waals surface area contributed by atoms with Crippen LogP contribution in [0.3, 0.4) is 0 Å². The van der Waals surface area contributed by atoms with Crippen molar-refractivity contribution in [3.63, 3.8) is 0 Å². The van der Waals surface area contributed by atoms with Gasteiger partial charge >= 0.3 is 5.97 Å². The van der Waals surface area contributed by atoms with Gasteiger partial charge in [-0.1, -0.05) is 24.3 Å². The molecule has 0 radical (unpaired) electrons. The molecular weight excluding hydrogens is 360 g/mol. The van der Waals surface area contributed by atoms with E-state index in [0.717, 1.165) is 11.1 Å². The molecule has 0 saturated carbocycles. The average molecular weight is 384 g/mol. The number of carbonyl (C=O) groups is 2. The Bertz CT molecular complexity index is 812. The summed E-state index contributed by atoms with van der Waals surface area (Å²) >= 11 is 0. The molecule has 6 heteroatoms. The molecule has 0 bridgehead atoms. The Morgan fingerprint density at radius 3 is 2.39 bits per heavy atom. The summed E-state index contributed by atoms with van der Waals surface area (Å²) in [7, 11) is 2.85. The predicted molar refractivity (Wildman–Crippen MR) is 102 cm³/mol.